The van der Waals surface area contributed by atoms with Crippen molar-refractivity contribution in [3.63, 3.8) is 0 Å². The lowest BCUT2D eigenvalue weighted by atomic mass is 10.1. The van der Waals surface area contributed by atoms with Gasteiger partial charge >= 0.3 is 0 Å². The molecular formula is C23H20F3N5O4. The number of rotatable bonds is 5. The quantitative estimate of drug-likeness (QED) is 0.570. The highest BCUT2D eigenvalue weighted by atomic mass is 19.3. The van der Waals surface area contributed by atoms with Gasteiger partial charge in [0.05, 0.1) is 12.6 Å². The molecule has 3 heterocycles. The third kappa shape index (κ3) is 4.86. The molecule has 1 unspecified atom stereocenters. The van der Waals surface area contributed by atoms with E-state index in [1.54, 1.807) is 6.07 Å². The van der Waals surface area contributed by atoms with E-state index in [9.17, 15) is 32.7 Å². The van der Waals surface area contributed by atoms with Gasteiger partial charge in [-0.1, -0.05) is 18.2 Å². The van der Waals surface area contributed by atoms with E-state index in [0.29, 0.717) is 5.56 Å². The van der Waals surface area contributed by atoms with Crippen LogP contribution < -0.4 is 10.9 Å². The lowest BCUT2D eigenvalue weighted by Gasteiger charge is -2.25. The molecular weight excluding hydrogens is 467 g/mol. The molecule has 35 heavy (non-hydrogen) atoms. The van der Waals surface area contributed by atoms with Crippen LogP contribution in [0.5, 0.6) is 5.75 Å². The van der Waals surface area contributed by atoms with Gasteiger partial charge in [-0.25, -0.2) is 18.2 Å². The van der Waals surface area contributed by atoms with Crippen molar-refractivity contribution < 1.29 is 27.9 Å². The highest BCUT2D eigenvalue weighted by Crippen LogP contribution is 2.41. The van der Waals surface area contributed by atoms with E-state index in [4.69, 9.17) is 0 Å². The lowest BCUT2D eigenvalue weighted by Crippen LogP contribution is -2.37. The maximum absolute atomic E-state index is 14.4. The number of nitrogens with zero attached hydrogens (tertiary/aromatic N) is 4. The number of halogens is 3. The Kier molecular flexibility index (Phi) is 6.29. The van der Waals surface area contributed by atoms with Crippen LogP contribution in [0.15, 0.2) is 53.5 Å². The summed E-state index contributed by atoms with van der Waals surface area (Å²) in [5.41, 5.74) is -1.25. The van der Waals surface area contributed by atoms with Crippen molar-refractivity contribution in [2.24, 2.45) is 7.05 Å². The fourth-order valence-electron chi connectivity index (χ4n) is 3.83. The average molecular weight is 487 g/mol. The SMILES string of the molecule is Cn1c(C2CC(F)(F)CN2C(=O)c2ccccn2)nc(C(=O)NCc2ccc(F)cc2)c(O)c1=O. The van der Waals surface area contributed by atoms with Gasteiger partial charge in [-0.05, 0) is 29.8 Å². The van der Waals surface area contributed by atoms with Crippen molar-refractivity contribution in [1.82, 2.24) is 24.8 Å². The van der Waals surface area contributed by atoms with Gasteiger partial charge in [0.1, 0.15) is 17.3 Å². The largest absolute Gasteiger partial charge is 0.501 e. The molecule has 1 aliphatic rings. The molecule has 3 aromatic rings. The Morgan fingerprint density at radius 2 is 1.91 bits per heavy atom. The van der Waals surface area contributed by atoms with Crippen molar-refractivity contribution in [1.29, 1.82) is 0 Å². The molecule has 1 aliphatic heterocycles. The monoisotopic (exact) mass is 487 g/mol. The molecule has 1 fully saturated rings. The first kappa shape index (κ1) is 23.9. The minimum atomic E-state index is -3.28. The van der Waals surface area contributed by atoms with E-state index in [2.05, 4.69) is 15.3 Å². The number of hydrogen-bond donors (Lipinski definition) is 2. The second kappa shape index (κ2) is 9.20. The Morgan fingerprint density at radius 3 is 2.57 bits per heavy atom. The molecule has 4 rings (SSSR count). The van der Waals surface area contributed by atoms with Gasteiger partial charge < -0.3 is 15.3 Å². The van der Waals surface area contributed by atoms with E-state index in [1.165, 1.54) is 49.6 Å². The van der Waals surface area contributed by atoms with Crippen molar-refractivity contribution >= 4 is 11.8 Å². The summed E-state index contributed by atoms with van der Waals surface area (Å²) >= 11 is 0. The minimum absolute atomic E-state index is 0.0729. The van der Waals surface area contributed by atoms with Gasteiger partial charge in [0.15, 0.2) is 5.69 Å². The molecule has 2 aromatic heterocycles. The van der Waals surface area contributed by atoms with Crippen LogP contribution in [0.3, 0.4) is 0 Å². The molecule has 12 heteroatoms. The topological polar surface area (TPSA) is 117 Å². The van der Waals surface area contributed by atoms with E-state index in [1.807, 2.05) is 0 Å². The molecule has 1 atom stereocenters. The highest BCUT2D eigenvalue weighted by Gasteiger charge is 2.49. The van der Waals surface area contributed by atoms with Gasteiger partial charge in [-0.2, -0.15) is 0 Å². The van der Waals surface area contributed by atoms with Crippen LogP contribution in [0.25, 0.3) is 0 Å². The number of alkyl halides is 2. The van der Waals surface area contributed by atoms with Gasteiger partial charge in [-0.15, -0.1) is 0 Å². The van der Waals surface area contributed by atoms with E-state index in [0.717, 1.165) is 9.47 Å². The number of hydrogen-bond acceptors (Lipinski definition) is 6. The average Bonchev–Trinajstić information content (AvgIpc) is 3.17. The molecule has 182 valence electrons. The standard InChI is InChI=1S/C23H20F3N5O4/c1-30-19(16-10-23(25,26)12-31(16)21(34)15-4-2-3-9-27-15)29-17(18(32)22(30)35)20(33)28-11-13-5-7-14(24)8-6-13/h2-9,16,32H,10-12H2,1H3,(H,28,33). The summed E-state index contributed by atoms with van der Waals surface area (Å²) in [4.78, 5) is 47.1. The molecule has 2 N–H and O–H groups in total. The van der Waals surface area contributed by atoms with Crippen molar-refractivity contribution in [3.05, 3.63) is 87.6 Å². The molecule has 0 radical (unpaired) electrons. The molecule has 1 aromatic carbocycles. The van der Waals surface area contributed by atoms with E-state index < -0.39 is 59.6 Å². The number of amides is 2. The first-order valence-electron chi connectivity index (χ1n) is 10.5. The maximum Gasteiger partial charge on any atom is 0.296 e. The number of aromatic hydroxyl groups is 1. The van der Waals surface area contributed by atoms with Crippen molar-refractivity contribution in [2.45, 2.75) is 24.9 Å². The fraction of sp³-hybridized carbons (Fsp3) is 0.261. The summed E-state index contributed by atoms with van der Waals surface area (Å²) < 4.78 is 42.8. The van der Waals surface area contributed by atoms with Gasteiger partial charge in [0.2, 0.25) is 5.75 Å². The van der Waals surface area contributed by atoms with Gasteiger partial charge in [0.25, 0.3) is 23.3 Å². The number of carbonyl (C=O) groups excluding carboxylic acids is 2. The molecule has 1 saturated heterocycles. The number of benzene rings is 1. The zero-order valence-electron chi connectivity index (χ0n) is 18.4. The first-order valence-corrected chi connectivity index (χ1v) is 10.5. The second-order valence-electron chi connectivity index (χ2n) is 8.06. The van der Waals surface area contributed by atoms with Crippen molar-refractivity contribution in [3.8, 4) is 5.75 Å². The normalized spacial score (nSPS) is 16.8. The zero-order valence-corrected chi connectivity index (χ0v) is 18.4. The Bertz CT molecular complexity index is 1330. The Morgan fingerprint density at radius 1 is 1.20 bits per heavy atom. The van der Waals surface area contributed by atoms with Gasteiger partial charge in [0, 0.05) is 26.2 Å². The predicted octanol–water partition coefficient (Wildman–Crippen LogP) is 2.17. The van der Waals surface area contributed by atoms with Crippen LogP contribution >= 0.6 is 0 Å². The fourth-order valence-corrected chi connectivity index (χ4v) is 3.83. The highest BCUT2D eigenvalue weighted by molar-refractivity contribution is 5.95. The molecule has 9 nitrogen and oxygen atoms in total. The third-order valence-corrected chi connectivity index (χ3v) is 5.60. The summed E-state index contributed by atoms with van der Waals surface area (Å²) in [7, 11) is 1.20. The summed E-state index contributed by atoms with van der Waals surface area (Å²) in [6.45, 7) is -1.01. The first-order chi connectivity index (χ1) is 16.6. The number of aromatic nitrogens is 3. The Balaban J connectivity index is 1.68. The summed E-state index contributed by atoms with van der Waals surface area (Å²) in [6, 6.07) is 8.35. The zero-order chi connectivity index (χ0) is 25.3. The second-order valence-corrected chi connectivity index (χ2v) is 8.06. The van der Waals surface area contributed by atoms with Crippen LogP contribution in [0.4, 0.5) is 13.2 Å². The van der Waals surface area contributed by atoms with Crippen molar-refractivity contribution in [2.75, 3.05) is 6.54 Å². The summed E-state index contributed by atoms with van der Waals surface area (Å²) in [5.74, 6) is -6.75. The molecule has 0 bridgehead atoms. The third-order valence-electron chi connectivity index (χ3n) is 5.60. The number of carbonyl (C=O) groups is 2. The lowest BCUT2D eigenvalue weighted by molar-refractivity contribution is 0.0117. The van der Waals surface area contributed by atoms with Crippen LogP contribution in [-0.4, -0.2) is 48.8 Å². The summed E-state index contributed by atoms with van der Waals surface area (Å²) in [6.07, 6.45) is 0.502. The predicted molar refractivity (Wildman–Crippen MR) is 116 cm³/mol. The smallest absolute Gasteiger partial charge is 0.296 e. The van der Waals surface area contributed by atoms with Crippen LogP contribution in [-0.2, 0) is 13.6 Å². The minimum Gasteiger partial charge on any atom is -0.501 e. The number of nitrogens with one attached hydrogen (secondary N) is 1. The Hall–Kier alpha value is -4.22. The number of pyridine rings is 1. The summed E-state index contributed by atoms with van der Waals surface area (Å²) in [5, 5.41) is 12.7. The maximum atomic E-state index is 14.4. The van der Waals surface area contributed by atoms with E-state index in [-0.39, 0.29) is 18.1 Å². The van der Waals surface area contributed by atoms with E-state index >= 15 is 0 Å². The van der Waals surface area contributed by atoms with Gasteiger partial charge in [-0.3, -0.25) is 23.9 Å². The molecule has 0 aliphatic carbocycles. The van der Waals surface area contributed by atoms with Crippen LogP contribution in [0.2, 0.25) is 0 Å². The molecule has 0 saturated carbocycles. The Labute approximate surface area is 196 Å². The van der Waals surface area contributed by atoms with Crippen LogP contribution in [0, 0.1) is 5.82 Å². The molecule has 0 spiro atoms. The number of likely N-dealkylation sites (tertiary alicyclic amines) is 1. The molecule has 2 amide bonds. The van der Waals surface area contributed by atoms with Crippen LogP contribution in [0.1, 0.15) is 44.8 Å².